The molecule has 0 aromatic carbocycles. The van der Waals surface area contributed by atoms with Crippen molar-refractivity contribution in [1.82, 2.24) is 0 Å². The molecule has 0 aromatic heterocycles. The number of esters is 3. The van der Waals surface area contributed by atoms with E-state index in [0.29, 0.717) is 12.8 Å². The van der Waals surface area contributed by atoms with E-state index >= 15 is 0 Å². The zero-order chi connectivity index (χ0) is 38.2. The van der Waals surface area contributed by atoms with Crippen molar-refractivity contribution in [2.45, 2.75) is 264 Å². The van der Waals surface area contributed by atoms with Gasteiger partial charge in [0.2, 0.25) is 0 Å². The van der Waals surface area contributed by atoms with Gasteiger partial charge in [-0.1, -0.05) is 232 Å². The second kappa shape index (κ2) is 39.2. The SMILES string of the molecule is CCCCCCCCCCCCCCCCCCCCCC(=O)OC(O)(CO)C(=O)OC(=O)CCCCCCCCCCCCCCCCCCC. The summed E-state index contributed by atoms with van der Waals surface area (Å²) in [7, 11) is 0. The fraction of sp³-hybridized carbons (Fsp3) is 0.933. The van der Waals surface area contributed by atoms with Gasteiger partial charge in [0.05, 0.1) is 0 Å². The summed E-state index contributed by atoms with van der Waals surface area (Å²) in [6.07, 6.45) is 45.0. The number of aliphatic hydroxyl groups is 2. The first kappa shape index (κ1) is 50.5. The molecule has 0 rings (SSSR count). The van der Waals surface area contributed by atoms with Crippen LogP contribution in [0.1, 0.15) is 258 Å². The fourth-order valence-electron chi connectivity index (χ4n) is 6.95. The highest BCUT2D eigenvalue weighted by Gasteiger charge is 2.43. The Labute approximate surface area is 321 Å². The molecule has 308 valence electrons. The summed E-state index contributed by atoms with van der Waals surface area (Å²) in [5.74, 6) is -5.86. The molecule has 0 saturated heterocycles. The van der Waals surface area contributed by atoms with Gasteiger partial charge in [0.25, 0.3) is 0 Å². The Morgan fingerprint density at radius 1 is 0.385 bits per heavy atom. The lowest BCUT2D eigenvalue weighted by atomic mass is 10.0. The lowest BCUT2D eigenvalue weighted by molar-refractivity contribution is -0.236. The highest BCUT2D eigenvalue weighted by molar-refractivity contribution is 5.90. The summed E-state index contributed by atoms with van der Waals surface area (Å²) >= 11 is 0. The van der Waals surface area contributed by atoms with E-state index in [9.17, 15) is 24.6 Å². The summed E-state index contributed by atoms with van der Waals surface area (Å²) in [5.41, 5.74) is 0. The summed E-state index contributed by atoms with van der Waals surface area (Å²) < 4.78 is 9.58. The minimum atomic E-state index is -2.85. The van der Waals surface area contributed by atoms with Crippen LogP contribution >= 0.6 is 0 Å². The molecule has 0 aliphatic carbocycles. The van der Waals surface area contributed by atoms with Gasteiger partial charge in [-0.2, -0.15) is 0 Å². The smallest absolute Gasteiger partial charge is 0.389 e. The maximum atomic E-state index is 12.3. The van der Waals surface area contributed by atoms with Gasteiger partial charge < -0.3 is 19.7 Å². The van der Waals surface area contributed by atoms with Gasteiger partial charge in [0.15, 0.2) is 0 Å². The average molecular weight is 739 g/mol. The van der Waals surface area contributed by atoms with Crippen molar-refractivity contribution >= 4 is 17.9 Å². The number of hydrogen-bond donors (Lipinski definition) is 2. The predicted molar refractivity (Wildman–Crippen MR) is 216 cm³/mol. The quantitative estimate of drug-likeness (QED) is 0.0278. The van der Waals surface area contributed by atoms with Gasteiger partial charge >= 0.3 is 23.7 Å². The van der Waals surface area contributed by atoms with Crippen LogP contribution in [-0.4, -0.2) is 40.5 Å². The van der Waals surface area contributed by atoms with E-state index < -0.39 is 30.3 Å². The van der Waals surface area contributed by atoms with E-state index in [4.69, 9.17) is 9.47 Å². The van der Waals surface area contributed by atoms with Crippen LogP contribution in [0.4, 0.5) is 0 Å². The molecule has 0 aliphatic rings. The molecule has 0 heterocycles. The van der Waals surface area contributed by atoms with Crippen LogP contribution in [0.2, 0.25) is 0 Å². The van der Waals surface area contributed by atoms with Crippen molar-refractivity contribution in [2.75, 3.05) is 6.61 Å². The summed E-state index contributed by atoms with van der Waals surface area (Å²) in [6.45, 7) is 3.37. The summed E-state index contributed by atoms with van der Waals surface area (Å²) in [6, 6.07) is 0. The van der Waals surface area contributed by atoms with Gasteiger partial charge in [0, 0.05) is 12.8 Å². The van der Waals surface area contributed by atoms with Gasteiger partial charge in [-0.25, -0.2) is 4.79 Å². The van der Waals surface area contributed by atoms with Crippen LogP contribution in [0.25, 0.3) is 0 Å². The Hall–Kier alpha value is -1.47. The molecule has 0 radical (unpaired) electrons. The summed E-state index contributed by atoms with van der Waals surface area (Å²) in [5, 5.41) is 19.9. The van der Waals surface area contributed by atoms with Crippen LogP contribution < -0.4 is 0 Å². The second-order valence-corrected chi connectivity index (χ2v) is 15.7. The zero-order valence-corrected chi connectivity index (χ0v) is 34.5. The van der Waals surface area contributed by atoms with E-state index in [2.05, 4.69) is 13.8 Å². The first-order valence-electron chi connectivity index (χ1n) is 22.7. The van der Waals surface area contributed by atoms with Crippen LogP contribution in [0.5, 0.6) is 0 Å². The van der Waals surface area contributed by atoms with Crippen molar-refractivity contribution in [3.05, 3.63) is 0 Å². The molecule has 2 N–H and O–H groups in total. The highest BCUT2D eigenvalue weighted by Crippen LogP contribution is 2.18. The molecule has 0 spiro atoms. The van der Waals surface area contributed by atoms with Crippen molar-refractivity contribution in [3.8, 4) is 0 Å². The van der Waals surface area contributed by atoms with Crippen molar-refractivity contribution in [3.63, 3.8) is 0 Å². The first-order chi connectivity index (χ1) is 25.4. The third kappa shape index (κ3) is 34.3. The molecular formula is C45H86O7. The highest BCUT2D eigenvalue weighted by atomic mass is 16.7. The Morgan fingerprint density at radius 3 is 0.865 bits per heavy atom. The summed E-state index contributed by atoms with van der Waals surface area (Å²) in [4.78, 5) is 36.7. The number of rotatable bonds is 41. The van der Waals surface area contributed by atoms with Crippen LogP contribution in [0.3, 0.4) is 0 Å². The number of hydrogen-bond acceptors (Lipinski definition) is 7. The Kier molecular flexibility index (Phi) is 38.1. The molecule has 7 nitrogen and oxygen atoms in total. The zero-order valence-electron chi connectivity index (χ0n) is 34.5. The van der Waals surface area contributed by atoms with Crippen LogP contribution in [-0.2, 0) is 23.9 Å². The lowest BCUT2D eigenvalue weighted by Gasteiger charge is -2.22. The molecule has 1 atom stereocenters. The number of carbonyl (C=O) groups excluding carboxylic acids is 3. The van der Waals surface area contributed by atoms with E-state index in [1.54, 1.807) is 0 Å². The van der Waals surface area contributed by atoms with E-state index in [1.807, 2.05) is 0 Å². The Bertz CT molecular complexity index is 801. The molecule has 0 aliphatic heterocycles. The molecule has 7 heteroatoms. The normalized spacial score (nSPS) is 12.5. The molecule has 0 bridgehead atoms. The molecular weight excluding hydrogens is 652 g/mol. The second-order valence-electron chi connectivity index (χ2n) is 15.7. The van der Waals surface area contributed by atoms with Crippen LogP contribution in [0, 0.1) is 0 Å². The maximum absolute atomic E-state index is 12.3. The van der Waals surface area contributed by atoms with E-state index in [1.165, 1.54) is 180 Å². The number of carbonyl (C=O) groups is 3. The number of ether oxygens (including phenoxy) is 2. The van der Waals surface area contributed by atoms with Gasteiger partial charge in [-0.15, -0.1) is 0 Å². The first-order valence-corrected chi connectivity index (χ1v) is 22.7. The van der Waals surface area contributed by atoms with Gasteiger partial charge in [0.1, 0.15) is 6.61 Å². The van der Waals surface area contributed by atoms with E-state index in [-0.39, 0.29) is 12.8 Å². The van der Waals surface area contributed by atoms with Crippen molar-refractivity contribution < 1.29 is 34.1 Å². The van der Waals surface area contributed by atoms with Gasteiger partial charge in [-0.05, 0) is 12.8 Å². The predicted octanol–water partition coefficient (Wildman–Crippen LogP) is 13.1. The molecule has 0 saturated carbocycles. The lowest BCUT2D eigenvalue weighted by Crippen LogP contribution is -2.48. The van der Waals surface area contributed by atoms with Crippen molar-refractivity contribution in [1.29, 1.82) is 0 Å². The molecule has 0 fully saturated rings. The fourth-order valence-corrected chi connectivity index (χ4v) is 6.95. The number of aliphatic hydroxyl groups excluding tert-OH is 1. The average Bonchev–Trinajstić information content (AvgIpc) is 3.13. The molecule has 1 unspecified atom stereocenters. The maximum Gasteiger partial charge on any atom is 0.389 e. The minimum absolute atomic E-state index is 0.0294. The van der Waals surface area contributed by atoms with E-state index in [0.717, 1.165) is 38.5 Å². The minimum Gasteiger partial charge on any atom is -0.419 e. The largest absolute Gasteiger partial charge is 0.419 e. The monoisotopic (exact) mass is 739 g/mol. The standard InChI is InChI=1S/C45H86O7/c1-3-5-7-9-11-13-15-17-19-21-22-24-26-28-30-32-34-36-38-40-43(48)52-45(50,41-46)44(49)51-42(47)39-37-35-33-31-29-27-25-23-20-18-16-14-12-10-8-6-4-2/h46,50H,3-41H2,1-2H3. The third-order valence-electron chi connectivity index (χ3n) is 10.5. The number of unbranched alkanes of at least 4 members (excludes halogenated alkanes) is 34. The van der Waals surface area contributed by atoms with Crippen molar-refractivity contribution in [2.24, 2.45) is 0 Å². The molecule has 0 aromatic rings. The van der Waals surface area contributed by atoms with Crippen LogP contribution in [0.15, 0.2) is 0 Å². The molecule has 52 heavy (non-hydrogen) atoms. The van der Waals surface area contributed by atoms with Gasteiger partial charge in [-0.3, -0.25) is 9.59 Å². The topological polar surface area (TPSA) is 110 Å². The molecule has 0 amide bonds. The Morgan fingerprint density at radius 2 is 0.615 bits per heavy atom. The third-order valence-corrected chi connectivity index (χ3v) is 10.5. The Balaban J connectivity index is 3.68.